The molecule has 18 heavy (non-hydrogen) atoms. The number of rotatable bonds is 9. The maximum absolute atomic E-state index is 11.9. The molecule has 0 spiro atoms. The van der Waals surface area contributed by atoms with Crippen molar-refractivity contribution in [3.63, 3.8) is 0 Å². The molecular weight excluding hydrogens is 256 g/mol. The zero-order chi connectivity index (χ0) is 14.2. The fourth-order valence-corrected chi connectivity index (χ4v) is 3.16. The van der Waals surface area contributed by atoms with Gasteiger partial charge < -0.3 is 10.5 Å². The number of carbonyl (C=O) groups is 1. The number of esters is 1. The molecule has 0 radical (unpaired) electrons. The molecule has 0 fully saturated rings. The number of hydrogen-bond acceptors (Lipinski definition) is 5. The first-order valence-corrected chi connectivity index (χ1v) is 7.91. The number of ether oxygens (including phenoxy) is 1. The zero-order valence-corrected chi connectivity index (χ0v) is 12.2. The number of unbranched alkanes of at least 4 members (excludes halogenated alkanes) is 1. The van der Waals surface area contributed by atoms with Gasteiger partial charge in [0.2, 0.25) is 10.0 Å². The Labute approximate surface area is 109 Å². The topological polar surface area (TPSA) is 98.5 Å². The van der Waals surface area contributed by atoms with Gasteiger partial charge in [-0.25, -0.2) is 13.2 Å². The van der Waals surface area contributed by atoms with E-state index in [1.807, 2.05) is 6.92 Å². The van der Waals surface area contributed by atoms with Gasteiger partial charge in [-0.1, -0.05) is 20.3 Å². The van der Waals surface area contributed by atoms with Gasteiger partial charge in [-0.15, -0.1) is 0 Å². The number of carbonyl (C=O) groups excluding carboxylic acids is 1. The molecule has 1 unspecified atom stereocenters. The predicted octanol–water partition coefficient (Wildman–Crippen LogP) is 0.377. The average Bonchev–Trinajstić information content (AvgIpc) is 2.34. The Morgan fingerprint density at radius 3 is 2.33 bits per heavy atom. The minimum atomic E-state index is -3.52. The summed E-state index contributed by atoms with van der Waals surface area (Å²) in [6.07, 6.45) is 1.57. The molecule has 0 aromatic heterocycles. The highest BCUT2D eigenvalue weighted by Gasteiger charge is 2.40. The summed E-state index contributed by atoms with van der Waals surface area (Å²) in [4.78, 5) is 11.8. The van der Waals surface area contributed by atoms with Crippen molar-refractivity contribution in [1.29, 1.82) is 0 Å². The smallest absolute Gasteiger partial charge is 0.328 e. The Morgan fingerprint density at radius 1 is 1.33 bits per heavy atom. The van der Waals surface area contributed by atoms with E-state index in [1.54, 1.807) is 13.8 Å². The Balaban J connectivity index is 4.96. The molecule has 3 N–H and O–H groups in total. The predicted molar refractivity (Wildman–Crippen MR) is 70.5 cm³/mol. The van der Waals surface area contributed by atoms with Gasteiger partial charge in [0.1, 0.15) is 5.54 Å². The minimum absolute atomic E-state index is 0.00927. The maximum atomic E-state index is 11.9. The normalized spacial score (nSPS) is 15.1. The third kappa shape index (κ3) is 4.91. The standard InChI is InChI=1S/C11H24N2O4S/c1-4-7-8-18(15,16)13-11(5-2,9-12)10(14)17-6-3/h13H,4-9,12H2,1-3H3. The van der Waals surface area contributed by atoms with Crippen molar-refractivity contribution in [2.75, 3.05) is 18.9 Å². The summed E-state index contributed by atoms with van der Waals surface area (Å²) in [5, 5.41) is 0. The molecule has 0 bridgehead atoms. The van der Waals surface area contributed by atoms with Gasteiger partial charge in [-0.3, -0.25) is 0 Å². The summed E-state index contributed by atoms with van der Waals surface area (Å²) in [6, 6.07) is 0. The van der Waals surface area contributed by atoms with E-state index >= 15 is 0 Å². The summed E-state index contributed by atoms with van der Waals surface area (Å²) < 4.78 is 31.0. The van der Waals surface area contributed by atoms with E-state index in [0.717, 1.165) is 6.42 Å². The molecule has 108 valence electrons. The van der Waals surface area contributed by atoms with Crippen LogP contribution in [0.1, 0.15) is 40.0 Å². The Bertz CT molecular complexity index is 350. The van der Waals surface area contributed by atoms with Crippen LogP contribution in [0.4, 0.5) is 0 Å². The minimum Gasteiger partial charge on any atom is -0.465 e. The largest absolute Gasteiger partial charge is 0.465 e. The van der Waals surface area contributed by atoms with Gasteiger partial charge in [-0.05, 0) is 19.8 Å². The van der Waals surface area contributed by atoms with Crippen LogP contribution in [0.3, 0.4) is 0 Å². The molecule has 6 nitrogen and oxygen atoms in total. The van der Waals surface area contributed by atoms with Crippen LogP contribution in [0.5, 0.6) is 0 Å². The highest BCUT2D eigenvalue weighted by atomic mass is 32.2. The second kappa shape index (κ2) is 7.70. The summed E-state index contributed by atoms with van der Waals surface area (Å²) in [7, 11) is -3.52. The Hall–Kier alpha value is -0.660. The van der Waals surface area contributed by atoms with Crippen LogP contribution in [0.15, 0.2) is 0 Å². The van der Waals surface area contributed by atoms with E-state index in [4.69, 9.17) is 10.5 Å². The van der Waals surface area contributed by atoms with Crippen LogP contribution in [0.25, 0.3) is 0 Å². The lowest BCUT2D eigenvalue weighted by atomic mass is 9.98. The first-order chi connectivity index (χ1) is 8.37. The van der Waals surface area contributed by atoms with E-state index in [9.17, 15) is 13.2 Å². The Kier molecular flexibility index (Phi) is 7.42. The van der Waals surface area contributed by atoms with Crippen LogP contribution in [0.2, 0.25) is 0 Å². The van der Waals surface area contributed by atoms with E-state index in [1.165, 1.54) is 0 Å². The zero-order valence-electron chi connectivity index (χ0n) is 11.4. The van der Waals surface area contributed by atoms with Crippen molar-refractivity contribution in [2.24, 2.45) is 5.73 Å². The molecule has 0 aliphatic rings. The summed E-state index contributed by atoms with van der Waals surface area (Å²) in [6.45, 7) is 5.34. The summed E-state index contributed by atoms with van der Waals surface area (Å²) >= 11 is 0. The molecule has 0 aliphatic carbocycles. The van der Waals surface area contributed by atoms with Gasteiger partial charge >= 0.3 is 5.97 Å². The van der Waals surface area contributed by atoms with Crippen molar-refractivity contribution >= 4 is 16.0 Å². The second-order valence-corrected chi connectivity index (χ2v) is 5.98. The lowest BCUT2D eigenvalue weighted by molar-refractivity contribution is -0.150. The van der Waals surface area contributed by atoms with E-state index < -0.39 is 21.5 Å². The molecule has 0 heterocycles. The molecule has 0 amide bonds. The molecule has 0 aliphatic heterocycles. The molecular formula is C11H24N2O4S. The van der Waals surface area contributed by atoms with Crippen LogP contribution >= 0.6 is 0 Å². The summed E-state index contributed by atoms with van der Waals surface area (Å²) in [5.41, 5.74) is 4.21. The molecule has 0 saturated heterocycles. The van der Waals surface area contributed by atoms with E-state index in [2.05, 4.69) is 4.72 Å². The molecule has 0 aromatic carbocycles. The van der Waals surface area contributed by atoms with Crippen LogP contribution < -0.4 is 10.5 Å². The van der Waals surface area contributed by atoms with Crippen LogP contribution in [-0.4, -0.2) is 38.8 Å². The number of nitrogens with two attached hydrogens (primary N) is 1. The maximum Gasteiger partial charge on any atom is 0.328 e. The van der Waals surface area contributed by atoms with Crippen LogP contribution in [0, 0.1) is 0 Å². The van der Waals surface area contributed by atoms with Gasteiger partial charge in [-0.2, -0.15) is 4.72 Å². The van der Waals surface area contributed by atoms with Gasteiger partial charge in [0.25, 0.3) is 0 Å². The van der Waals surface area contributed by atoms with Gasteiger partial charge in [0, 0.05) is 6.54 Å². The highest BCUT2D eigenvalue weighted by Crippen LogP contribution is 2.13. The second-order valence-electron chi connectivity index (χ2n) is 4.13. The van der Waals surface area contributed by atoms with Crippen molar-refractivity contribution in [3.05, 3.63) is 0 Å². The van der Waals surface area contributed by atoms with Gasteiger partial charge in [0.15, 0.2) is 0 Å². The van der Waals surface area contributed by atoms with Crippen LogP contribution in [-0.2, 0) is 19.6 Å². The monoisotopic (exact) mass is 280 g/mol. The fraction of sp³-hybridized carbons (Fsp3) is 0.909. The first-order valence-electron chi connectivity index (χ1n) is 6.26. The molecule has 0 rings (SSSR count). The molecule has 7 heteroatoms. The summed E-state index contributed by atoms with van der Waals surface area (Å²) in [5.74, 6) is -0.625. The highest BCUT2D eigenvalue weighted by molar-refractivity contribution is 7.89. The third-order valence-corrected chi connectivity index (χ3v) is 4.26. The number of hydrogen-bond donors (Lipinski definition) is 2. The van der Waals surface area contributed by atoms with Crippen molar-refractivity contribution in [2.45, 2.75) is 45.6 Å². The number of nitrogens with one attached hydrogen (secondary N) is 1. The SMILES string of the molecule is CCCCS(=O)(=O)NC(CC)(CN)C(=O)OCC. The van der Waals surface area contributed by atoms with E-state index in [-0.39, 0.29) is 25.3 Å². The molecule has 0 aromatic rings. The van der Waals surface area contributed by atoms with E-state index in [0.29, 0.717) is 6.42 Å². The quantitative estimate of drug-likeness (QED) is 0.595. The molecule has 1 atom stereocenters. The van der Waals surface area contributed by atoms with Crippen molar-refractivity contribution < 1.29 is 17.9 Å². The van der Waals surface area contributed by atoms with Gasteiger partial charge in [0.05, 0.1) is 12.4 Å². The Morgan fingerprint density at radius 2 is 1.94 bits per heavy atom. The average molecular weight is 280 g/mol. The first kappa shape index (κ1) is 17.3. The lowest BCUT2D eigenvalue weighted by Crippen LogP contribution is -2.59. The lowest BCUT2D eigenvalue weighted by Gasteiger charge is -2.29. The van der Waals surface area contributed by atoms with Crippen molar-refractivity contribution in [3.8, 4) is 0 Å². The molecule has 0 saturated carbocycles. The third-order valence-electron chi connectivity index (χ3n) is 2.74. The fourth-order valence-electron chi connectivity index (χ4n) is 1.48. The van der Waals surface area contributed by atoms with Crippen molar-refractivity contribution in [1.82, 2.24) is 4.72 Å². The number of sulfonamides is 1.